The number of thiophene rings is 1. The van der Waals surface area contributed by atoms with Gasteiger partial charge in [-0.2, -0.15) is 4.31 Å². The maximum atomic E-state index is 12.4. The van der Waals surface area contributed by atoms with Crippen molar-refractivity contribution in [3.63, 3.8) is 0 Å². The second-order valence-electron chi connectivity index (χ2n) is 5.90. The molecule has 1 heterocycles. The highest BCUT2D eigenvalue weighted by molar-refractivity contribution is 7.91. The predicted molar refractivity (Wildman–Crippen MR) is 94.4 cm³/mol. The van der Waals surface area contributed by atoms with Gasteiger partial charge in [0.25, 0.3) is 10.0 Å². The molecule has 1 atom stereocenters. The largest absolute Gasteiger partial charge is 0.348 e. The van der Waals surface area contributed by atoms with Crippen molar-refractivity contribution in [2.24, 2.45) is 0 Å². The van der Waals surface area contributed by atoms with Gasteiger partial charge >= 0.3 is 0 Å². The number of rotatable bonds is 5. The lowest BCUT2D eigenvalue weighted by Gasteiger charge is -2.27. The fraction of sp³-hybridized carbons (Fsp3) is 0.353. The smallest absolute Gasteiger partial charge is 0.252 e. The third-order valence-electron chi connectivity index (χ3n) is 4.23. The van der Waals surface area contributed by atoms with Gasteiger partial charge < -0.3 is 5.32 Å². The molecule has 0 spiro atoms. The Balaban J connectivity index is 1.67. The minimum Gasteiger partial charge on any atom is -0.348 e. The number of aryl methyl sites for hydroxylation is 1. The predicted octanol–water partition coefficient (Wildman–Crippen LogP) is 2.56. The van der Waals surface area contributed by atoms with E-state index in [0.29, 0.717) is 0 Å². The van der Waals surface area contributed by atoms with Crippen LogP contribution in [0.3, 0.4) is 0 Å². The van der Waals surface area contributed by atoms with Gasteiger partial charge in [-0.15, -0.1) is 11.3 Å². The van der Waals surface area contributed by atoms with Gasteiger partial charge in [-0.3, -0.25) is 4.79 Å². The molecule has 24 heavy (non-hydrogen) atoms. The molecule has 1 aliphatic rings. The molecule has 0 saturated heterocycles. The molecular formula is C17H20N2O3S2. The van der Waals surface area contributed by atoms with Crippen LogP contribution in [-0.4, -0.2) is 32.2 Å². The average Bonchev–Trinajstić information content (AvgIpc) is 3.10. The second-order valence-corrected chi connectivity index (χ2v) is 9.12. The maximum absolute atomic E-state index is 12.4. The molecule has 7 heteroatoms. The molecule has 1 amide bonds. The highest BCUT2D eigenvalue weighted by Gasteiger charge is 2.26. The zero-order valence-corrected chi connectivity index (χ0v) is 15.1. The fourth-order valence-electron chi connectivity index (χ4n) is 2.99. The molecule has 1 N–H and O–H groups in total. The van der Waals surface area contributed by atoms with Crippen molar-refractivity contribution in [2.45, 2.75) is 29.5 Å². The highest BCUT2D eigenvalue weighted by Crippen LogP contribution is 2.29. The van der Waals surface area contributed by atoms with E-state index in [2.05, 4.69) is 11.4 Å². The second kappa shape index (κ2) is 7.04. The van der Waals surface area contributed by atoms with Gasteiger partial charge in [-0.05, 0) is 41.8 Å². The average molecular weight is 364 g/mol. The molecule has 0 saturated carbocycles. The first-order valence-electron chi connectivity index (χ1n) is 7.85. The summed E-state index contributed by atoms with van der Waals surface area (Å²) in [6.45, 7) is -0.182. The minimum atomic E-state index is -3.60. The zero-order chi connectivity index (χ0) is 17.2. The van der Waals surface area contributed by atoms with Gasteiger partial charge in [0.05, 0.1) is 12.6 Å². The molecule has 3 rings (SSSR count). The molecule has 1 aromatic heterocycles. The SMILES string of the molecule is CN(CC(=O)N[C@@H]1CCCc2ccccc21)S(=O)(=O)c1cccs1. The Morgan fingerprint density at radius 2 is 2.08 bits per heavy atom. The van der Waals surface area contributed by atoms with E-state index in [9.17, 15) is 13.2 Å². The molecule has 0 radical (unpaired) electrons. The van der Waals surface area contributed by atoms with Crippen molar-refractivity contribution in [3.05, 3.63) is 52.9 Å². The molecular weight excluding hydrogens is 344 g/mol. The highest BCUT2D eigenvalue weighted by atomic mass is 32.2. The molecule has 0 unspecified atom stereocenters. The topological polar surface area (TPSA) is 66.5 Å². The number of fused-ring (bicyclic) bond motifs is 1. The summed E-state index contributed by atoms with van der Waals surface area (Å²) >= 11 is 1.15. The number of hydrogen-bond acceptors (Lipinski definition) is 4. The Kier molecular flexibility index (Phi) is 5.03. The van der Waals surface area contributed by atoms with Gasteiger partial charge in [0.15, 0.2) is 0 Å². The lowest BCUT2D eigenvalue weighted by atomic mass is 9.88. The van der Waals surface area contributed by atoms with Crippen molar-refractivity contribution in [2.75, 3.05) is 13.6 Å². The number of sulfonamides is 1. The van der Waals surface area contributed by atoms with Crippen LogP contribution in [-0.2, 0) is 21.2 Å². The number of amides is 1. The molecule has 0 fully saturated rings. The number of carbonyl (C=O) groups excluding carboxylic acids is 1. The van der Waals surface area contributed by atoms with Crippen LogP contribution in [0, 0.1) is 0 Å². The zero-order valence-electron chi connectivity index (χ0n) is 13.4. The normalized spacial score (nSPS) is 17.5. The Labute approximate surface area is 146 Å². The van der Waals surface area contributed by atoms with E-state index < -0.39 is 10.0 Å². The number of nitrogens with one attached hydrogen (secondary N) is 1. The van der Waals surface area contributed by atoms with E-state index in [0.717, 1.165) is 40.5 Å². The number of carbonyl (C=O) groups is 1. The summed E-state index contributed by atoms with van der Waals surface area (Å²) in [4.78, 5) is 12.3. The quantitative estimate of drug-likeness (QED) is 0.887. The van der Waals surface area contributed by atoms with E-state index in [1.165, 1.54) is 12.6 Å². The first kappa shape index (κ1) is 17.1. The maximum Gasteiger partial charge on any atom is 0.252 e. The van der Waals surface area contributed by atoms with Crippen molar-refractivity contribution in [1.82, 2.24) is 9.62 Å². The van der Waals surface area contributed by atoms with Crippen LogP contribution in [0.25, 0.3) is 0 Å². The van der Waals surface area contributed by atoms with Crippen LogP contribution in [0.15, 0.2) is 46.0 Å². The van der Waals surface area contributed by atoms with Crippen molar-refractivity contribution in [1.29, 1.82) is 0 Å². The van der Waals surface area contributed by atoms with E-state index in [1.54, 1.807) is 17.5 Å². The number of nitrogens with zero attached hydrogens (tertiary/aromatic N) is 1. The van der Waals surface area contributed by atoms with Gasteiger partial charge in [0.1, 0.15) is 4.21 Å². The summed E-state index contributed by atoms with van der Waals surface area (Å²) < 4.78 is 26.1. The van der Waals surface area contributed by atoms with E-state index in [-0.39, 0.29) is 22.7 Å². The summed E-state index contributed by atoms with van der Waals surface area (Å²) in [5.41, 5.74) is 2.40. The molecule has 0 aliphatic heterocycles. The monoisotopic (exact) mass is 364 g/mol. The first-order valence-corrected chi connectivity index (χ1v) is 10.2. The number of benzene rings is 1. The molecule has 128 valence electrons. The minimum absolute atomic E-state index is 0.0414. The summed E-state index contributed by atoms with van der Waals surface area (Å²) in [7, 11) is -2.17. The lowest BCUT2D eigenvalue weighted by Crippen LogP contribution is -2.40. The lowest BCUT2D eigenvalue weighted by molar-refractivity contribution is -0.122. The fourth-order valence-corrected chi connectivity index (χ4v) is 5.32. The molecule has 0 bridgehead atoms. The Morgan fingerprint density at radius 3 is 2.83 bits per heavy atom. The Bertz CT molecular complexity index is 816. The number of likely N-dealkylation sites (N-methyl/N-ethyl adjacent to an activating group) is 1. The van der Waals surface area contributed by atoms with E-state index >= 15 is 0 Å². The third-order valence-corrected chi connectivity index (χ3v) is 7.41. The van der Waals surface area contributed by atoms with Crippen LogP contribution in [0.1, 0.15) is 30.0 Å². The van der Waals surface area contributed by atoms with E-state index in [1.807, 2.05) is 18.2 Å². The van der Waals surface area contributed by atoms with Crippen LogP contribution < -0.4 is 5.32 Å². The van der Waals surface area contributed by atoms with Crippen LogP contribution in [0.2, 0.25) is 0 Å². The first-order chi connectivity index (χ1) is 11.5. The molecule has 5 nitrogen and oxygen atoms in total. The summed E-state index contributed by atoms with van der Waals surface area (Å²) in [5, 5.41) is 4.69. The van der Waals surface area contributed by atoms with Crippen LogP contribution >= 0.6 is 11.3 Å². The molecule has 1 aromatic carbocycles. The van der Waals surface area contributed by atoms with Crippen LogP contribution in [0.5, 0.6) is 0 Å². The van der Waals surface area contributed by atoms with Gasteiger partial charge in [0.2, 0.25) is 5.91 Å². The van der Waals surface area contributed by atoms with Gasteiger partial charge in [0, 0.05) is 7.05 Å². The molecule has 1 aliphatic carbocycles. The van der Waals surface area contributed by atoms with Crippen molar-refractivity contribution >= 4 is 27.3 Å². The van der Waals surface area contributed by atoms with Crippen molar-refractivity contribution in [3.8, 4) is 0 Å². The third kappa shape index (κ3) is 3.53. The van der Waals surface area contributed by atoms with Crippen molar-refractivity contribution < 1.29 is 13.2 Å². The Morgan fingerprint density at radius 1 is 1.29 bits per heavy atom. The summed E-state index contributed by atoms with van der Waals surface area (Å²) in [6, 6.07) is 11.3. The number of hydrogen-bond donors (Lipinski definition) is 1. The van der Waals surface area contributed by atoms with Gasteiger partial charge in [-0.1, -0.05) is 30.3 Å². The van der Waals surface area contributed by atoms with Crippen LogP contribution in [0.4, 0.5) is 0 Å². The summed E-state index contributed by atoms with van der Waals surface area (Å²) in [5.74, 6) is -0.278. The van der Waals surface area contributed by atoms with Gasteiger partial charge in [-0.25, -0.2) is 8.42 Å². The van der Waals surface area contributed by atoms with E-state index in [4.69, 9.17) is 0 Å². The standard InChI is InChI=1S/C17H20N2O3S2/c1-19(24(21,22)17-10-5-11-23-17)12-16(20)18-15-9-4-7-13-6-2-3-8-14(13)15/h2-3,5-6,8,10-11,15H,4,7,9,12H2,1H3,(H,18,20)/t15-/m1/s1. The Hall–Kier alpha value is -1.70. The summed E-state index contributed by atoms with van der Waals surface area (Å²) in [6.07, 6.45) is 2.92. The molecule has 2 aromatic rings.